The number of hydrogen-bond acceptors (Lipinski definition) is 5. The maximum atomic E-state index is 12.7. The van der Waals surface area contributed by atoms with Gasteiger partial charge in [-0.3, -0.25) is 9.78 Å². The van der Waals surface area contributed by atoms with E-state index in [9.17, 15) is 9.59 Å². The molecule has 126 valence electrons. The molecule has 1 aliphatic carbocycles. The number of rotatable bonds is 5. The van der Waals surface area contributed by atoms with Gasteiger partial charge in [-0.1, -0.05) is 19.3 Å². The molecule has 24 heavy (non-hydrogen) atoms. The molecule has 0 aromatic carbocycles. The lowest BCUT2D eigenvalue weighted by atomic mass is 9.95. The Morgan fingerprint density at radius 3 is 2.58 bits per heavy atom. The van der Waals surface area contributed by atoms with E-state index in [4.69, 9.17) is 9.15 Å². The summed E-state index contributed by atoms with van der Waals surface area (Å²) in [6, 6.07) is 6.57. The molecule has 2 aromatic heterocycles. The molecule has 1 amide bonds. The summed E-state index contributed by atoms with van der Waals surface area (Å²) in [5, 5.41) is 3.00. The summed E-state index contributed by atoms with van der Waals surface area (Å²) in [5.41, 5.74) is 0.582. The molecule has 1 fully saturated rings. The van der Waals surface area contributed by atoms with Crippen molar-refractivity contribution in [2.45, 2.75) is 44.2 Å². The second-order valence-corrected chi connectivity index (χ2v) is 5.89. The predicted molar refractivity (Wildman–Crippen MR) is 86.1 cm³/mol. The van der Waals surface area contributed by atoms with Gasteiger partial charge in [0.25, 0.3) is 5.91 Å². The van der Waals surface area contributed by atoms with Crippen LogP contribution >= 0.6 is 0 Å². The smallest absolute Gasteiger partial charge is 0.375 e. The predicted octanol–water partition coefficient (Wildman–Crippen LogP) is 3.02. The first-order valence-electron chi connectivity index (χ1n) is 8.19. The standard InChI is InChI=1S/C18H20N2O4/c21-17(20-14-5-2-1-3-6-14)16(13-8-10-19-11-9-13)24-18(22)15-7-4-12-23-15/h4,7-12,14,16H,1-3,5-6H2,(H,20,21). The summed E-state index contributed by atoms with van der Waals surface area (Å²) in [7, 11) is 0. The van der Waals surface area contributed by atoms with Crippen LogP contribution in [-0.4, -0.2) is 22.9 Å². The molecule has 6 heteroatoms. The number of nitrogens with zero attached hydrogens (tertiary/aromatic N) is 1. The van der Waals surface area contributed by atoms with E-state index < -0.39 is 12.1 Å². The largest absolute Gasteiger partial charge is 0.457 e. The molecule has 2 heterocycles. The number of furan rings is 1. The van der Waals surface area contributed by atoms with Crippen molar-refractivity contribution in [3.05, 3.63) is 54.2 Å². The van der Waals surface area contributed by atoms with Crippen LogP contribution in [-0.2, 0) is 9.53 Å². The number of carbonyl (C=O) groups is 2. The van der Waals surface area contributed by atoms with Crippen LogP contribution in [0.25, 0.3) is 0 Å². The zero-order chi connectivity index (χ0) is 16.8. The monoisotopic (exact) mass is 328 g/mol. The Labute approximate surface area is 140 Å². The van der Waals surface area contributed by atoms with Gasteiger partial charge in [-0.2, -0.15) is 0 Å². The van der Waals surface area contributed by atoms with Gasteiger partial charge < -0.3 is 14.5 Å². The van der Waals surface area contributed by atoms with E-state index in [1.54, 1.807) is 30.6 Å². The number of esters is 1. The zero-order valence-corrected chi connectivity index (χ0v) is 13.3. The molecule has 0 aliphatic heterocycles. The summed E-state index contributed by atoms with van der Waals surface area (Å²) in [4.78, 5) is 28.8. The van der Waals surface area contributed by atoms with E-state index in [0.717, 1.165) is 25.7 Å². The Hall–Kier alpha value is -2.63. The maximum absolute atomic E-state index is 12.7. The van der Waals surface area contributed by atoms with Crippen molar-refractivity contribution in [3.8, 4) is 0 Å². The van der Waals surface area contributed by atoms with Crippen molar-refractivity contribution in [1.29, 1.82) is 0 Å². The van der Waals surface area contributed by atoms with Gasteiger partial charge in [0.1, 0.15) is 0 Å². The lowest BCUT2D eigenvalue weighted by Crippen LogP contribution is -2.40. The highest BCUT2D eigenvalue weighted by atomic mass is 16.6. The molecule has 1 saturated carbocycles. The Morgan fingerprint density at radius 1 is 1.17 bits per heavy atom. The number of hydrogen-bond donors (Lipinski definition) is 1. The number of aromatic nitrogens is 1. The van der Waals surface area contributed by atoms with E-state index in [2.05, 4.69) is 10.3 Å². The van der Waals surface area contributed by atoms with Gasteiger partial charge in [0.2, 0.25) is 11.9 Å². The van der Waals surface area contributed by atoms with E-state index in [0.29, 0.717) is 5.56 Å². The van der Waals surface area contributed by atoms with E-state index in [1.807, 2.05) is 0 Å². The number of amides is 1. The van der Waals surface area contributed by atoms with Gasteiger partial charge in [-0.25, -0.2) is 4.79 Å². The van der Waals surface area contributed by atoms with Crippen molar-refractivity contribution in [2.24, 2.45) is 0 Å². The molecule has 0 radical (unpaired) electrons. The third-order valence-electron chi connectivity index (χ3n) is 4.15. The minimum absolute atomic E-state index is 0.0690. The molecule has 1 atom stereocenters. The third kappa shape index (κ3) is 4.01. The lowest BCUT2D eigenvalue weighted by Gasteiger charge is -2.25. The topological polar surface area (TPSA) is 81.4 Å². The molecule has 1 N–H and O–H groups in total. The average Bonchev–Trinajstić information content (AvgIpc) is 3.16. The van der Waals surface area contributed by atoms with Crippen molar-refractivity contribution >= 4 is 11.9 Å². The maximum Gasteiger partial charge on any atom is 0.375 e. The molecule has 3 rings (SSSR count). The molecule has 1 unspecified atom stereocenters. The average molecular weight is 328 g/mol. The fourth-order valence-corrected chi connectivity index (χ4v) is 2.89. The van der Waals surface area contributed by atoms with Crippen LogP contribution in [0.3, 0.4) is 0 Å². The molecule has 1 aliphatic rings. The van der Waals surface area contributed by atoms with E-state index in [1.165, 1.54) is 18.8 Å². The van der Waals surface area contributed by atoms with Crippen LogP contribution in [0, 0.1) is 0 Å². The minimum Gasteiger partial charge on any atom is -0.457 e. The highest BCUT2D eigenvalue weighted by Gasteiger charge is 2.28. The van der Waals surface area contributed by atoms with Crippen molar-refractivity contribution in [1.82, 2.24) is 10.3 Å². The van der Waals surface area contributed by atoms with Gasteiger partial charge >= 0.3 is 5.97 Å². The second-order valence-electron chi connectivity index (χ2n) is 5.89. The molecular weight excluding hydrogens is 308 g/mol. The highest BCUT2D eigenvalue weighted by molar-refractivity contribution is 5.90. The van der Waals surface area contributed by atoms with Crippen LogP contribution in [0.1, 0.15) is 54.3 Å². The number of ether oxygens (including phenoxy) is 1. The number of pyridine rings is 1. The number of nitrogens with one attached hydrogen (secondary N) is 1. The fourth-order valence-electron chi connectivity index (χ4n) is 2.89. The van der Waals surface area contributed by atoms with Crippen LogP contribution < -0.4 is 5.32 Å². The summed E-state index contributed by atoms with van der Waals surface area (Å²) in [6.45, 7) is 0. The Balaban J connectivity index is 1.74. The summed E-state index contributed by atoms with van der Waals surface area (Å²) in [6.07, 6.45) is 8.84. The fraction of sp³-hybridized carbons (Fsp3) is 0.389. The van der Waals surface area contributed by atoms with Crippen LogP contribution in [0.15, 0.2) is 47.3 Å². The first-order chi connectivity index (χ1) is 11.7. The third-order valence-corrected chi connectivity index (χ3v) is 4.15. The van der Waals surface area contributed by atoms with E-state index in [-0.39, 0.29) is 17.7 Å². The minimum atomic E-state index is -1.02. The van der Waals surface area contributed by atoms with Gasteiger partial charge in [0.15, 0.2) is 0 Å². The highest BCUT2D eigenvalue weighted by Crippen LogP contribution is 2.22. The molecule has 0 bridgehead atoms. The first-order valence-corrected chi connectivity index (χ1v) is 8.19. The van der Waals surface area contributed by atoms with Crippen molar-refractivity contribution in [2.75, 3.05) is 0 Å². The van der Waals surface area contributed by atoms with Crippen LogP contribution in [0.5, 0.6) is 0 Å². The quantitative estimate of drug-likeness (QED) is 0.853. The second kappa shape index (κ2) is 7.77. The first kappa shape index (κ1) is 16.2. The molecular formula is C18H20N2O4. The number of carbonyl (C=O) groups excluding carboxylic acids is 2. The van der Waals surface area contributed by atoms with Crippen LogP contribution in [0.4, 0.5) is 0 Å². The summed E-state index contributed by atoms with van der Waals surface area (Å²) >= 11 is 0. The molecule has 2 aromatic rings. The van der Waals surface area contributed by atoms with Crippen molar-refractivity contribution in [3.63, 3.8) is 0 Å². The van der Waals surface area contributed by atoms with Gasteiger partial charge in [0, 0.05) is 24.0 Å². The Morgan fingerprint density at radius 2 is 1.92 bits per heavy atom. The van der Waals surface area contributed by atoms with E-state index >= 15 is 0 Å². The lowest BCUT2D eigenvalue weighted by molar-refractivity contribution is -0.131. The Bertz CT molecular complexity index is 664. The summed E-state index contributed by atoms with van der Waals surface area (Å²) < 4.78 is 10.5. The normalized spacial score (nSPS) is 16.3. The molecule has 6 nitrogen and oxygen atoms in total. The summed E-state index contributed by atoms with van der Waals surface area (Å²) in [5.74, 6) is -0.909. The van der Waals surface area contributed by atoms with Gasteiger partial charge in [0.05, 0.1) is 6.26 Å². The van der Waals surface area contributed by atoms with Gasteiger partial charge in [-0.15, -0.1) is 0 Å². The van der Waals surface area contributed by atoms with Crippen molar-refractivity contribution < 1.29 is 18.7 Å². The zero-order valence-electron chi connectivity index (χ0n) is 13.3. The molecule has 0 saturated heterocycles. The molecule has 0 spiro atoms. The Kier molecular flexibility index (Phi) is 5.25. The SMILES string of the molecule is O=C(OC(C(=O)NC1CCCCC1)c1ccncc1)c1ccco1. The van der Waals surface area contributed by atoms with Gasteiger partial charge in [-0.05, 0) is 37.1 Å². The van der Waals surface area contributed by atoms with Crippen LogP contribution in [0.2, 0.25) is 0 Å².